The van der Waals surface area contributed by atoms with Crippen LogP contribution in [-0.2, 0) is 11.8 Å². The number of hydrogen-bond donors (Lipinski definition) is 0. The van der Waals surface area contributed by atoms with E-state index in [9.17, 15) is 18.8 Å². The molecular weight excluding hydrogens is 387 g/mol. The van der Waals surface area contributed by atoms with Crippen LogP contribution in [0, 0.1) is 25.6 Å². The quantitative estimate of drug-likeness (QED) is 0.506. The minimum atomic E-state index is -0.768. The van der Waals surface area contributed by atoms with E-state index in [-0.39, 0.29) is 17.6 Å². The lowest BCUT2D eigenvalue weighted by molar-refractivity contribution is 0.0587. The van der Waals surface area contributed by atoms with Crippen molar-refractivity contribution in [3.05, 3.63) is 58.2 Å². The van der Waals surface area contributed by atoms with Gasteiger partial charge in [-0.2, -0.15) is 0 Å². The van der Waals surface area contributed by atoms with Gasteiger partial charge in [-0.1, -0.05) is 13.8 Å². The summed E-state index contributed by atoms with van der Waals surface area (Å²) >= 11 is 0. The van der Waals surface area contributed by atoms with Gasteiger partial charge in [-0.15, -0.1) is 0 Å². The van der Waals surface area contributed by atoms with Gasteiger partial charge in [-0.3, -0.25) is 9.59 Å². The first-order valence-electron chi connectivity index (χ1n) is 9.86. The van der Waals surface area contributed by atoms with Crippen LogP contribution in [0.2, 0.25) is 0 Å². The van der Waals surface area contributed by atoms with E-state index in [1.807, 2.05) is 13.8 Å². The third-order valence-corrected chi connectivity index (χ3v) is 5.32. The number of ether oxygens (including phenoxy) is 1. The summed E-state index contributed by atoms with van der Waals surface area (Å²) in [6.45, 7) is 9.41. The molecule has 1 aromatic heterocycles. The van der Waals surface area contributed by atoms with Crippen LogP contribution in [0.4, 0.5) is 4.39 Å². The maximum Gasteiger partial charge on any atom is 0.354 e. The van der Waals surface area contributed by atoms with Gasteiger partial charge in [0.05, 0.1) is 13.2 Å². The molecule has 0 unspecified atom stereocenters. The molecule has 2 rings (SSSR count). The standard InChI is InChI=1S/C23H29FN2O4/c1-13(2)12-26(22(28)17-8-10-18(24)11-9-17)16(5)21(27)19-14(3)20(23(29)30-7)25(6)15(19)4/h8-11,13,16H,12H2,1-7H3/t16-/m1/s1. The average molecular weight is 416 g/mol. The Morgan fingerprint density at radius 2 is 1.67 bits per heavy atom. The van der Waals surface area contributed by atoms with Crippen LogP contribution in [0.5, 0.6) is 0 Å². The van der Waals surface area contributed by atoms with Gasteiger partial charge < -0.3 is 14.2 Å². The Bertz CT molecular complexity index is 961. The molecule has 1 atom stereocenters. The van der Waals surface area contributed by atoms with Crippen molar-refractivity contribution in [2.75, 3.05) is 13.7 Å². The summed E-state index contributed by atoms with van der Waals surface area (Å²) in [4.78, 5) is 40.3. The fourth-order valence-electron chi connectivity index (χ4n) is 3.65. The van der Waals surface area contributed by atoms with Crippen LogP contribution < -0.4 is 0 Å². The number of Topliss-reactive ketones (excluding diaryl/α,β-unsaturated/α-hetero) is 1. The highest BCUT2D eigenvalue weighted by atomic mass is 19.1. The second-order valence-corrected chi connectivity index (χ2v) is 7.88. The lowest BCUT2D eigenvalue weighted by Crippen LogP contribution is -2.45. The van der Waals surface area contributed by atoms with Crippen LogP contribution >= 0.6 is 0 Å². The zero-order chi connectivity index (χ0) is 22.7. The predicted octanol–water partition coefficient (Wildman–Crippen LogP) is 3.94. The van der Waals surface area contributed by atoms with Gasteiger partial charge in [-0.05, 0) is 56.5 Å². The second-order valence-electron chi connectivity index (χ2n) is 7.88. The van der Waals surface area contributed by atoms with E-state index < -0.39 is 17.8 Å². The monoisotopic (exact) mass is 416 g/mol. The van der Waals surface area contributed by atoms with Gasteiger partial charge in [0.25, 0.3) is 5.91 Å². The second kappa shape index (κ2) is 9.24. The lowest BCUT2D eigenvalue weighted by Gasteiger charge is -2.30. The van der Waals surface area contributed by atoms with Gasteiger partial charge in [0.2, 0.25) is 0 Å². The number of amides is 1. The molecule has 0 radical (unpaired) electrons. The van der Waals surface area contributed by atoms with Crippen LogP contribution in [0.25, 0.3) is 0 Å². The Kier molecular flexibility index (Phi) is 7.18. The van der Waals surface area contributed by atoms with Crippen molar-refractivity contribution < 1.29 is 23.5 Å². The number of nitrogens with zero attached hydrogens (tertiary/aromatic N) is 2. The van der Waals surface area contributed by atoms with E-state index in [4.69, 9.17) is 4.74 Å². The lowest BCUT2D eigenvalue weighted by atomic mass is 9.98. The van der Waals surface area contributed by atoms with Crippen LogP contribution in [0.1, 0.15) is 63.2 Å². The first-order chi connectivity index (χ1) is 14.0. The third kappa shape index (κ3) is 4.45. The van der Waals surface area contributed by atoms with E-state index >= 15 is 0 Å². The molecule has 2 aromatic rings. The maximum atomic E-state index is 13.5. The van der Waals surface area contributed by atoms with Crippen LogP contribution in [-0.4, -0.2) is 46.8 Å². The SMILES string of the molecule is COC(=O)c1c(C)c(C(=O)[C@@H](C)N(CC(C)C)C(=O)c2ccc(F)cc2)c(C)n1C. The van der Waals surface area contributed by atoms with E-state index in [0.717, 1.165) is 0 Å². The van der Waals surface area contributed by atoms with E-state index in [0.29, 0.717) is 34.6 Å². The Morgan fingerprint density at radius 3 is 2.17 bits per heavy atom. The van der Waals surface area contributed by atoms with Crippen molar-refractivity contribution in [2.45, 2.75) is 40.7 Å². The first-order valence-corrected chi connectivity index (χ1v) is 9.86. The highest BCUT2D eigenvalue weighted by Gasteiger charge is 2.33. The first kappa shape index (κ1) is 23.3. The summed E-state index contributed by atoms with van der Waals surface area (Å²) in [6, 6.07) is 4.51. The Morgan fingerprint density at radius 1 is 1.10 bits per heavy atom. The molecule has 0 saturated carbocycles. The summed E-state index contributed by atoms with van der Waals surface area (Å²) in [5.74, 6) is -1.44. The highest BCUT2D eigenvalue weighted by molar-refractivity contribution is 6.07. The summed E-state index contributed by atoms with van der Waals surface area (Å²) in [6.07, 6.45) is 0. The summed E-state index contributed by atoms with van der Waals surface area (Å²) < 4.78 is 19.8. The molecule has 0 spiro atoms. The predicted molar refractivity (Wildman–Crippen MR) is 112 cm³/mol. The summed E-state index contributed by atoms with van der Waals surface area (Å²) in [5, 5.41) is 0. The van der Waals surface area contributed by atoms with E-state index in [2.05, 4.69) is 0 Å². The number of ketones is 1. The Balaban J connectivity index is 2.47. The van der Waals surface area contributed by atoms with E-state index in [1.54, 1.807) is 32.4 Å². The van der Waals surface area contributed by atoms with Crippen molar-refractivity contribution in [1.29, 1.82) is 0 Å². The molecule has 0 aliphatic heterocycles. The molecule has 0 fully saturated rings. The third-order valence-electron chi connectivity index (χ3n) is 5.32. The number of methoxy groups -OCH3 is 1. The number of benzene rings is 1. The van der Waals surface area contributed by atoms with Gasteiger partial charge in [0, 0.05) is 30.4 Å². The Hall–Kier alpha value is -2.96. The number of esters is 1. The summed E-state index contributed by atoms with van der Waals surface area (Å²) in [7, 11) is 2.99. The number of rotatable bonds is 7. The molecular formula is C23H29FN2O4. The fraction of sp³-hybridized carbons (Fsp3) is 0.435. The smallest absolute Gasteiger partial charge is 0.354 e. The molecule has 1 amide bonds. The molecule has 6 nitrogen and oxygen atoms in total. The average Bonchev–Trinajstić information content (AvgIpc) is 2.93. The van der Waals surface area contributed by atoms with Crippen LogP contribution in [0.3, 0.4) is 0 Å². The van der Waals surface area contributed by atoms with Crippen molar-refractivity contribution in [3.8, 4) is 0 Å². The fourth-order valence-corrected chi connectivity index (χ4v) is 3.65. The topological polar surface area (TPSA) is 68.6 Å². The molecule has 162 valence electrons. The molecule has 30 heavy (non-hydrogen) atoms. The van der Waals surface area contributed by atoms with Crippen LogP contribution in [0.15, 0.2) is 24.3 Å². The molecule has 0 saturated heterocycles. The molecule has 1 heterocycles. The summed E-state index contributed by atoms with van der Waals surface area (Å²) in [5.41, 5.74) is 2.19. The zero-order valence-electron chi connectivity index (χ0n) is 18.6. The molecule has 1 aromatic carbocycles. The molecule has 0 bridgehead atoms. The van der Waals surface area contributed by atoms with Crippen molar-refractivity contribution in [3.63, 3.8) is 0 Å². The van der Waals surface area contributed by atoms with Gasteiger partial charge in [-0.25, -0.2) is 9.18 Å². The van der Waals surface area contributed by atoms with Gasteiger partial charge in [0.1, 0.15) is 11.5 Å². The largest absolute Gasteiger partial charge is 0.464 e. The molecule has 0 aliphatic carbocycles. The molecule has 0 aliphatic rings. The van der Waals surface area contributed by atoms with Crippen molar-refractivity contribution in [1.82, 2.24) is 9.47 Å². The zero-order valence-corrected chi connectivity index (χ0v) is 18.6. The van der Waals surface area contributed by atoms with Gasteiger partial charge >= 0.3 is 5.97 Å². The van der Waals surface area contributed by atoms with E-state index in [1.165, 1.54) is 36.3 Å². The number of carbonyl (C=O) groups excluding carboxylic acids is 3. The highest BCUT2D eigenvalue weighted by Crippen LogP contribution is 2.25. The van der Waals surface area contributed by atoms with Crippen molar-refractivity contribution in [2.24, 2.45) is 13.0 Å². The normalized spacial score (nSPS) is 12.0. The van der Waals surface area contributed by atoms with Crippen molar-refractivity contribution >= 4 is 17.7 Å². The molecule has 0 N–H and O–H groups in total. The Labute approximate surface area is 176 Å². The minimum Gasteiger partial charge on any atom is -0.464 e. The number of hydrogen-bond acceptors (Lipinski definition) is 4. The molecule has 7 heteroatoms. The number of halogens is 1. The maximum absolute atomic E-state index is 13.5. The minimum absolute atomic E-state index is 0.119. The number of carbonyl (C=O) groups is 3. The van der Waals surface area contributed by atoms with Gasteiger partial charge in [0.15, 0.2) is 5.78 Å². The number of aromatic nitrogens is 1.